The van der Waals surface area contributed by atoms with Gasteiger partial charge in [-0.25, -0.2) is 0 Å². The second-order valence-electron chi connectivity index (χ2n) is 7.56. The van der Waals surface area contributed by atoms with Crippen LogP contribution in [-0.2, 0) is 6.42 Å². The maximum absolute atomic E-state index is 5.90. The predicted molar refractivity (Wildman–Crippen MR) is 133 cm³/mol. The molecule has 3 aromatic rings. The van der Waals surface area contributed by atoms with Crippen LogP contribution in [0.25, 0.3) is 11.4 Å². The monoisotopic (exact) mass is 546 g/mol. The number of methoxy groups -OCH3 is 1. The fraction of sp³-hybridized carbons (Fsp3) is 0.360. The average molecular weight is 548 g/mol. The van der Waals surface area contributed by atoms with Crippen LogP contribution in [-0.4, -0.2) is 23.7 Å². The summed E-state index contributed by atoms with van der Waals surface area (Å²) in [5, 5.41) is 0. The summed E-state index contributed by atoms with van der Waals surface area (Å²) in [5.74, 6) is 1.63. The molecule has 164 valence electrons. The zero-order chi connectivity index (χ0) is 22.1. The first-order valence-corrected chi connectivity index (χ1v) is 12.2. The van der Waals surface area contributed by atoms with E-state index in [2.05, 4.69) is 60.0 Å². The summed E-state index contributed by atoms with van der Waals surface area (Å²) in [4.78, 5) is 9.02. The fourth-order valence-corrected chi connectivity index (χ4v) is 4.19. The minimum absolute atomic E-state index is 0.718. The van der Waals surface area contributed by atoms with Crippen molar-refractivity contribution in [3.05, 3.63) is 68.9 Å². The Morgan fingerprint density at radius 1 is 0.774 bits per heavy atom. The lowest BCUT2D eigenvalue weighted by Crippen LogP contribution is -1.99. The van der Waals surface area contributed by atoms with Gasteiger partial charge < -0.3 is 9.47 Å². The van der Waals surface area contributed by atoms with Crippen LogP contribution in [0.4, 0.5) is 0 Å². The van der Waals surface area contributed by atoms with E-state index in [0.717, 1.165) is 56.8 Å². The average Bonchev–Trinajstić information content (AvgIpc) is 2.78. The molecule has 1 aromatic carbocycles. The maximum atomic E-state index is 5.90. The molecule has 0 N–H and O–H groups in total. The number of aromatic nitrogens is 2. The normalized spacial score (nSPS) is 10.8. The van der Waals surface area contributed by atoms with Crippen LogP contribution >= 0.6 is 31.9 Å². The van der Waals surface area contributed by atoms with Gasteiger partial charge in [0.1, 0.15) is 11.5 Å². The van der Waals surface area contributed by atoms with Gasteiger partial charge in [-0.15, -0.1) is 0 Å². The van der Waals surface area contributed by atoms with E-state index in [-0.39, 0.29) is 0 Å². The molecule has 4 nitrogen and oxygen atoms in total. The summed E-state index contributed by atoms with van der Waals surface area (Å²) in [5.41, 5.74) is 4.30. The third-order valence-electron chi connectivity index (χ3n) is 5.07. The molecular weight excluding hydrogens is 520 g/mol. The predicted octanol–water partition coefficient (Wildman–Crippen LogP) is 7.56. The summed E-state index contributed by atoms with van der Waals surface area (Å²) < 4.78 is 13.0. The first-order chi connectivity index (χ1) is 15.1. The van der Waals surface area contributed by atoms with Gasteiger partial charge in [-0.3, -0.25) is 9.97 Å². The molecule has 0 radical (unpaired) electrons. The summed E-state index contributed by atoms with van der Waals surface area (Å²) in [6.45, 7) is 2.76. The molecule has 6 heteroatoms. The Labute approximate surface area is 201 Å². The number of pyridine rings is 2. The molecule has 3 rings (SSSR count). The molecule has 0 amide bonds. The highest BCUT2D eigenvalue weighted by atomic mass is 79.9. The fourth-order valence-electron chi connectivity index (χ4n) is 3.26. The summed E-state index contributed by atoms with van der Waals surface area (Å²) in [7, 11) is 1.65. The quantitative estimate of drug-likeness (QED) is 0.232. The maximum Gasteiger partial charge on any atom is 0.134 e. The molecule has 0 aliphatic heterocycles. The molecule has 0 spiro atoms. The number of unbranched alkanes of at least 4 members (excludes halogenated alkanes) is 4. The van der Waals surface area contributed by atoms with Gasteiger partial charge >= 0.3 is 0 Å². The van der Waals surface area contributed by atoms with Crippen molar-refractivity contribution >= 4 is 31.9 Å². The van der Waals surface area contributed by atoms with Crippen molar-refractivity contribution < 1.29 is 9.47 Å². The highest BCUT2D eigenvalue weighted by Crippen LogP contribution is 2.36. The summed E-state index contributed by atoms with van der Waals surface area (Å²) in [6, 6.07) is 12.2. The highest BCUT2D eigenvalue weighted by molar-refractivity contribution is 9.11. The number of aryl methyl sites for hydroxylation is 2. The van der Waals surface area contributed by atoms with Gasteiger partial charge in [0.2, 0.25) is 0 Å². The van der Waals surface area contributed by atoms with Gasteiger partial charge in [0, 0.05) is 12.4 Å². The number of hydrogen-bond donors (Lipinski definition) is 0. The summed E-state index contributed by atoms with van der Waals surface area (Å²) >= 11 is 7.03. The lowest BCUT2D eigenvalue weighted by molar-refractivity contribution is 0.301. The molecule has 31 heavy (non-hydrogen) atoms. The zero-order valence-corrected chi connectivity index (χ0v) is 21.2. The smallest absolute Gasteiger partial charge is 0.134 e. The standard InChI is InChI=1S/C25H28Br2N2O2/c1-18-9-11-22(28-16-18)23-12-10-19(17-29-23)8-6-4-3-5-7-13-31-25-15-20(26)24(30-2)14-21(25)27/h9-12,14-17H,3-8,13H2,1-2H3. The van der Waals surface area contributed by atoms with Crippen molar-refractivity contribution in [1.82, 2.24) is 9.97 Å². The second kappa shape index (κ2) is 12.2. The largest absolute Gasteiger partial charge is 0.496 e. The van der Waals surface area contributed by atoms with Crippen LogP contribution in [0.15, 0.2) is 57.7 Å². The SMILES string of the molecule is COc1cc(Br)c(OCCCCCCCc2ccc(-c3ccc(C)cn3)nc2)cc1Br. The summed E-state index contributed by atoms with van der Waals surface area (Å²) in [6.07, 6.45) is 10.8. The van der Waals surface area contributed by atoms with Crippen molar-refractivity contribution in [2.75, 3.05) is 13.7 Å². The van der Waals surface area contributed by atoms with Crippen molar-refractivity contribution in [1.29, 1.82) is 0 Å². The van der Waals surface area contributed by atoms with Crippen LogP contribution in [0.3, 0.4) is 0 Å². The van der Waals surface area contributed by atoms with Crippen molar-refractivity contribution in [3.63, 3.8) is 0 Å². The first-order valence-electron chi connectivity index (χ1n) is 10.6. The van der Waals surface area contributed by atoms with Gasteiger partial charge in [-0.1, -0.05) is 31.4 Å². The van der Waals surface area contributed by atoms with E-state index < -0.39 is 0 Å². The first kappa shape index (κ1) is 23.7. The molecule has 0 aliphatic rings. The van der Waals surface area contributed by atoms with Crippen molar-refractivity contribution in [3.8, 4) is 22.9 Å². The van der Waals surface area contributed by atoms with Gasteiger partial charge in [0.25, 0.3) is 0 Å². The Hall–Kier alpha value is -1.92. The Kier molecular flexibility index (Phi) is 9.34. The third kappa shape index (κ3) is 7.32. The number of halogens is 2. The number of ether oxygens (including phenoxy) is 2. The van der Waals surface area contributed by atoms with E-state index in [4.69, 9.17) is 9.47 Å². The molecule has 0 atom stereocenters. The van der Waals surface area contributed by atoms with Crippen LogP contribution in [0, 0.1) is 6.92 Å². The van der Waals surface area contributed by atoms with Crippen LogP contribution in [0.5, 0.6) is 11.5 Å². The Morgan fingerprint density at radius 2 is 1.42 bits per heavy atom. The van der Waals surface area contributed by atoms with Gasteiger partial charge in [-0.2, -0.15) is 0 Å². The molecule has 2 aromatic heterocycles. The zero-order valence-electron chi connectivity index (χ0n) is 18.0. The lowest BCUT2D eigenvalue weighted by atomic mass is 10.1. The van der Waals surface area contributed by atoms with E-state index in [0.29, 0.717) is 0 Å². The molecule has 0 fully saturated rings. The minimum Gasteiger partial charge on any atom is -0.496 e. The molecule has 2 heterocycles. The minimum atomic E-state index is 0.718. The highest BCUT2D eigenvalue weighted by Gasteiger charge is 2.08. The number of rotatable bonds is 11. The number of benzene rings is 1. The Bertz CT molecular complexity index is 961. The van der Waals surface area contributed by atoms with Crippen molar-refractivity contribution in [2.45, 2.75) is 45.4 Å². The lowest BCUT2D eigenvalue weighted by Gasteiger charge is -2.11. The van der Waals surface area contributed by atoms with Crippen LogP contribution in [0.1, 0.15) is 43.2 Å². The van der Waals surface area contributed by atoms with Crippen LogP contribution < -0.4 is 9.47 Å². The second-order valence-corrected chi connectivity index (χ2v) is 9.26. The topological polar surface area (TPSA) is 44.2 Å². The van der Waals surface area contributed by atoms with E-state index in [1.165, 1.54) is 31.2 Å². The third-order valence-corrected chi connectivity index (χ3v) is 6.31. The van der Waals surface area contributed by atoms with Crippen LogP contribution in [0.2, 0.25) is 0 Å². The van der Waals surface area contributed by atoms with Gasteiger partial charge in [-0.05, 0) is 93.4 Å². The molecule has 0 bridgehead atoms. The number of hydrogen-bond acceptors (Lipinski definition) is 4. The van der Waals surface area contributed by atoms with Gasteiger partial charge in [0.05, 0.1) is 34.0 Å². The molecule has 0 aliphatic carbocycles. The van der Waals surface area contributed by atoms with Gasteiger partial charge in [0.15, 0.2) is 0 Å². The Balaban J connectivity index is 1.30. The number of nitrogens with zero attached hydrogens (tertiary/aromatic N) is 2. The Morgan fingerprint density at radius 3 is 2.10 bits per heavy atom. The molecule has 0 saturated heterocycles. The molecular formula is C25H28Br2N2O2. The molecule has 0 unspecified atom stereocenters. The van der Waals surface area contributed by atoms with Crippen molar-refractivity contribution in [2.24, 2.45) is 0 Å². The van der Waals surface area contributed by atoms with E-state index in [1.807, 2.05) is 37.5 Å². The van der Waals surface area contributed by atoms with E-state index in [9.17, 15) is 0 Å². The van der Waals surface area contributed by atoms with E-state index in [1.54, 1.807) is 7.11 Å². The van der Waals surface area contributed by atoms with E-state index >= 15 is 0 Å². The molecule has 0 saturated carbocycles.